The number of nitrogens with two attached hydrogens (primary N) is 1. The molecule has 0 aliphatic carbocycles. The minimum absolute atomic E-state index is 1.02. The Balaban J connectivity index is 3.12. The Labute approximate surface area is 51.6 Å². The van der Waals surface area contributed by atoms with E-state index >= 15 is 0 Å². The van der Waals surface area contributed by atoms with E-state index < -0.39 is 0 Å². The number of hydrogen-bond donors (Lipinski definition) is 1. The summed E-state index contributed by atoms with van der Waals surface area (Å²) in [6, 6.07) is 0. The summed E-state index contributed by atoms with van der Waals surface area (Å²) >= 11 is 0. The molecule has 0 atom stereocenters. The molecule has 0 heterocycles. The molecule has 0 amide bonds. The molecule has 0 fully saturated rings. The van der Waals surface area contributed by atoms with Crippen LogP contribution in [0, 0.1) is 0 Å². The van der Waals surface area contributed by atoms with Crippen molar-refractivity contribution in [2.75, 3.05) is 0 Å². The maximum absolute atomic E-state index is 5.52. The molecule has 0 aromatic carbocycles. The summed E-state index contributed by atoms with van der Waals surface area (Å²) in [6.07, 6.45) is 5.48. The molecule has 8 heavy (non-hydrogen) atoms. The van der Waals surface area contributed by atoms with Crippen molar-refractivity contribution < 1.29 is 0 Å². The second kappa shape index (κ2) is 4.69. The van der Waals surface area contributed by atoms with E-state index in [1.165, 1.54) is 12.8 Å². The Morgan fingerprint density at radius 2 is 2.25 bits per heavy atom. The van der Waals surface area contributed by atoms with Gasteiger partial charge in [0, 0.05) is 5.70 Å². The summed E-state index contributed by atoms with van der Waals surface area (Å²) < 4.78 is 0. The van der Waals surface area contributed by atoms with Gasteiger partial charge in [0.05, 0.1) is 0 Å². The molecule has 0 aliphatic heterocycles. The van der Waals surface area contributed by atoms with Gasteiger partial charge in [0.25, 0.3) is 0 Å². The molecule has 0 unspecified atom stereocenters. The monoisotopic (exact) mass is 113 g/mol. The Morgan fingerprint density at radius 3 is 2.62 bits per heavy atom. The van der Waals surface area contributed by atoms with Gasteiger partial charge in [-0.15, -0.1) is 0 Å². The SMILES string of the molecule is C/C=C(/N)CCCC. The minimum atomic E-state index is 1.02. The third-order valence-electron chi connectivity index (χ3n) is 1.19. The summed E-state index contributed by atoms with van der Waals surface area (Å²) in [4.78, 5) is 0. The fourth-order valence-electron chi connectivity index (χ4n) is 0.525. The lowest BCUT2D eigenvalue weighted by Gasteiger charge is -1.95. The standard InChI is InChI=1S/C7H15N/c1-3-5-6-7(8)4-2/h4H,3,5-6,8H2,1-2H3/b7-4+. The first-order chi connectivity index (χ1) is 3.81. The molecule has 0 bridgehead atoms. The molecular weight excluding hydrogens is 98.1 g/mol. The fraction of sp³-hybridized carbons (Fsp3) is 0.714. The van der Waals surface area contributed by atoms with Crippen LogP contribution in [0.25, 0.3) is 0 Å². The van der Waals surface area contributed by atoms with E-state index in [1.54, 1.807) is 0 Å². The second-order valence-corrected chi connectivity index (χ2v) is 1.97. The van der Waals surface area contributed by atoms with Gasteiger partial charge in [-0.25, -0.2) is 0 Å². The summed E-state index contributed by atoms with van der Waals surface area (Å²) in [5.74, 6) is 0. The molecule has 1 nitrogen and oxygen atoms in total. The molecule has 0 rings (SSSR count). The molecule has 0 radical (unpaired) electrons. The van der Waals surface area contributed by atoms with Crippen LogP contribution in [-0.4, -0.2) is 0 Å². The van der Waals surface area contributed by atoms with Crippen LogP contribution in [-0.2, 0) is 0 Å². The van der Waals surface area contributed by atoms with Crippen molar-refractivity contribution in [2.24, 2.45) is 5.73 Å². The maximum Gasteiger partial charge on any atom is 0.00371 e. The number of allylic oxidation sites excluding steroid dienone is 2. The van der Waals surface area contributed by atoms with Crippen molar-refractivity contribution in [2.45, 2.75) is 33.1 Å². The minimum Gasteiger partial charge on any atom is -0.402 e. The van der Waals surface area contributed by atoms with Gasteiger partial charge in [-0.3, -0.25) is 0 Å². The van der Waals surface area contributed by atoms with Crippen LogP contribution in [0.1, 0.15) is 33.1 Å². The molecule has 0 aliphatic rings. The molecular formula is C7H15N. The first-order valence-corrected chi connectivity index (χ1v) is 3.22. The van der Waals surface area contributed by atoms with Crippen LogP contribution < -0.4 is 5.73 Å². The van der Waals surface area contributed by atoms with E-state index in [1.807, 2.05) is 13.0 Å². The average molecular weight is 113 g/mol. The van der Waals surface area contributed by atoms with Gasteiger partial charge in [0.15, 0.2) is 0 Å². The highest BCUT2D eigenvalue weighted by atomic mass is 14.6. The summed E-state index contributed by atoms with van der Waals surface area (Å²) in [6.45, 7) is 4.15. The zero-order valence-electron chi connectivity index (χ0n) is 5.78. The second-order valence-electron chi connectivity index (χ2n) is 1.97. The lowest BCUT2D eigenvalue weighted by Crippen LogP contribution is -1.94. The molecule has 0 saturated carbocycles. The Kier molecular flexibility index (Phi) is 4.42. The van der Waals surface area contributed by atoms with Crippen molar-refractivity contribution in [1.82, 2.24) is 0 Å². The van der Waals surface area contributed by atoms with Gasteiger partial charge in [0.1, 0.15) is 0 Å². The van der Waals surface area contributed by atoms with Crippen molar-refractivity contribution in [3.63, 3.8) is 0 Å². The molecule has 2 N–H and O–H groups in total. The van der Waals surface area contributed by atoms with Gasteiger partial charge in [-0.1, -0.05) is 19.4 Å². The van der Waals surface area contributed by atoms with Gasteiger partial charge in [0.2, 0.25) is 0 Å². The van der Waals surface area contributed by atoms with Crippen molar-refractivity contribution >= 4 is 0 Å². The van der Waals surface area contributed by atoms with E-state index in [0.717, 1.165) is 12.1 Å². The largest absolute Gasteiger partial charge is 0.402 e. The van der Waals surface area contributed by atoms with Crippen molar-refractivity contribution in [1.29, 1.82) is 0 Å². The van der Waals surface area contributed by atoms with Gasteiger partial charge >= 0.3 is 0 Å². The Hall–Kier alpha value is -0.460. The predicted octanol–water partition coefficient (Wildman–Crippen LogP) is 2.04. The highest BCUT2D eigenvalue weighted by molar-refractivity contribution is 4.92. The van der Waals surface area contributed by atoms with E-state index in [-0.39, 0.29) is 0 Å². The molecule has 0 aromatic heterocycles. The van der Waals surface area contributed by atoms with Crippen LogP contribution in [0.15, 0.2) is 11.8 Å². The van der Waals surface area contributed by atoms with Gasteiger partial charge < -0.3 is 5.73 Å². The third-order valence-corrected chi connectivity index (χ3v) is 1.19. The molecule has 0 saturated heterocycles. The van der Waals surface area contributed by atoms with Crippen molar-refractivity contribution in [3.8, 4) is 0 Å². The van der Waals surface area contributed by atoms with Gasteiger partial charge in [-0.2, -0.15) is 0 Å². The summed E-state index contributed by atoms with van der Waals surface area (Å²) in [7, 11) is 0. The van der Waals surface area contributed by atoms with Crippen LogP contribution in [0.4, 0.5) is 0 Å². The Morgan fingerprint density at radius 1 is 1.62 bits per heavy atom. The quantitative estimate of drug-likeness (QED) is 0.595. The lowest BCUT2D eigenvalue weighted by atomic mass is 10.2. The smallest absolute Gasteiger partial charge is 0.00371 e. The van der Waals surface area contributed by atoms with Crippen LogP contribution >= 0.6 is 0 Å². The highest BCUT2D eigenvalue weighted by Gasteiger charge is 1.84. The first kappa shape index (κ1) is 7.54. The molecule has 0 spiro atoms. The van der Waals surface area contributed by atoms with Crippen LogP contribution in [0.5, 0.6) is 0 Å². The number of unbranched alkanes of at least 4 members (excludes halogenated alkanes) is 1. The predicted molar refractivity (Wildman–Crippen MR) is 37.5 cm³/mol. The zero-order valence-corrected chi connectivity index (χ0v) is 5.78. The highest BCUT2D eigenvalue weighted by Crippen LogP contribution is 1.99. The number of hydrogen-bond acceptors (Lipinski definition) is 1. The maximum atomic E-state index is 5.52. The lowest BCUT2D eigenvalue weighted by molar-refractivity contribution is 0.780. The Bertz CT molecular complexity index is 74.5. The fourth-order valence-corrected chi connectivity index (χ4v) is 0.525. The van der Waals surface area contributed by atoms with E-state index in [2.05, 4.69) is 6.92 Å². The van der Waals surface area contributed by atoms with Crippen LogP contribution in [0.3, 0.4) is 0 Å². The molecule has 48 valence electrons. The first-order valence-electron chi connectivity index (χ1n) is 3.22. The van der Waals surface area contributed by atoms with Gasteiger partial charge in [-0.05, 0) is 19.8 Å². The van der Waals surface area contributed by atoms with Crippen molar-refractivity contribution in [3.05, 3.63) is 11.8 Å². The normalized spacial score (nSPS) is 12.0. The summed E-state index contributed by atoms with van der Waals surface area (Å²) in [5, 5.41) is 0. The summed E-state index contributed by atoms with van der Waals surface area (Å²) in [5.41, 5.74) is 6.54. The van der Waals surface area contributed by atoms with E-state index in [9.17, 15) is 0 Å². The molecule has 1 heteroatoms. The molecule has 0 aromatic rings. The third kappa shape index (κ3) is 3.72. The van der Waals surface area contributed by atoms with E-state index in [0.29, 0.717) is 0 Å². The average Bonchev–Trinajstić information content (AvgIpc) is 1.83. The topological polar surface area (TPSA) is 26.0 Å². The van der Waals surface area contributed by atoms with Crippen LogP contribution in [0.2, 0.25) is 0 Å². The zero-order chi connectivity index (χ0) is 6.41. The van der Waals surface area contributed by atoms with E-state index in [4.69, 9.17) is 5.73 Å². The number of rotatable bonds is 3.